The van der Waals surface area contributed by atoms with E-state index in [1.165, 1.54) is 13.1 Å². The lowest BCUT2D eigenvalue weighted by atomic mass is 10.0. The first-order chi connectivity index (χ1) is 7.16. The van der Waals surface area contributed by atoms with Crippen LogP contribution in [0.3, 0.4) is 0 Å². The zero-order valence-corrected chi connectivity index (χ0v) is 9.48. The molecule has 0 aromatic carbocycles. The molecule has 1 fully saturated rings. The fourth-order valence-electron chi connectivity index (χ4n) is 2.20. The van der Waals surface area contributed by atoms with Crippen LogP contribution in [0.25, 0.3) is 0 Å². The predicted molar refractivity (Wildman–Crippen MR) is 62.3 cm³/mol. The lowest BCUT2D eigenvalue weighted by Crippen LogP contribution is -2.21. The molecule has 0 aliphatic carbocycles. The topological polar surface area (TPSA) is 42.2 Å². The molecule has 0 bridgehead atoms. The van der Waals surface area contributed by atoms with E-state index in [2.05, 4.69) is 29.8 Å². The Bertz CT molecular complexity index is 327. The van der Waals surface area contributed by atoms with E-state index in [-0.39, 0.29) is 0 Å². The highest BCUT2D eigenvalue weighted by atomic mass is 15.2. The molecule has 0 spiro atoms. The molecular formula is C12H19N3. The molecule has 2 rings (SSSR count). The van der Waals surface area contributed by atoms with Gasteiger partial charge in [-0.15, -0.1) is 0 Å². The number of nitrogen functional groups attached to an aromatic ring is 1. The molecule has 2 atom stereocenters. The van der Waals surface area contributed by atoms with Gasteiger partial charge in [-0.3, -0.25) is 4.90 Å². The molecule has 2 N–H and O–H groups in total. The van der Waals surface area contributed by atoms with Gasteiger partial charge in [0.15, 0.2) is 0 Å². The molecule has 1 aromatic heterocycles. The average molecular weight is 205 g/mol. The minimum Gasteiger partial charge on any atom is -0.383 e. The Balaban J connectivity index is 2.01. The smallest absolute Gasteiger partial charge is 0.127 e. The molecule has 1 aliphatic rings. The van der Waals surface area contributed by atoms with E-state index in [1.807, 2.05) is 6.07 Å². The first kappa shape index (κ1) is 10.4. The second-order valence-corrected chi connectivity index (χ2v) is 4.70. The lowest BCUT2D eigenvalue weighted by Gasteiger charge is -2.16. The third-order valence-corrected chi connectivity index (χ3v) is 3.38. The normalized spacial score (nSPS) is 27.1. The summed E-state index contributed by atoms with van der Waals surface area (Å²) in [5.41, 5.74) is 6.98. The number of rotatable bonds is 2. The highest BCUT2D eigenvalue weighted by Crippen LogP contribution is 2.24. The fourth-order valence-corrected chi connectivity index (χ4v) is 2.20. The number of likely N-dealkylation sites (tertiary alicyclic amines) is 1. The summed E-state index contributed by atoms with van der Waals surface area (Å²) in [6.07, 6.45) is 1.74. The van der Waals surface area contributed by atoms with E-state index >= 15 is 0 Å². The fraction of sp³-hybridized carbons (Fsp3) is 0.583. The Labute approximate surface area is 91.3 Å². The van der Waals surface area contributed by atoms with Crippen molar-refractivity contribution in [3.8, 4) is 0 Å². The number of hydrogen-bond acceptors (Lipinski definition) is 3. The van der Waals surface area contributed by atoms with Gasteiger partial charge in [-0.05, 0) is 17.9 Å². The van der Waals surface area contributed by atoms with Gasteiger partial charge in [-0.2, -0.15) is 0 Å². The van der Waals surface area contributed by atoms with Crippen LogP contribution in [0.15, 0.2) is 18.3 Å². The van der Waals surface area contributed by atoms with Gasteiger partial charge in [0.25, 0.3) is 0 Å². The largest absolute Gasteiger partial charge is 0.383 e. The summed E-state index contributed by atoms with van der Waals surface area (Å²) >= 11 is 0. The monoisotopic (exact) mass is 205 g/mol. The van der Waals surface area contributed by atoms with Crippen molar-refractivity contribution >= 4 is 5.82 Å². The van der Waals surface area contributed by atoms with Crippen molar-refractivity contribution < 1.29 is 0 Å². The Kier molecular flexibility index (Phi) is 2.91. The van der Waals surface area contributed by atoms with Crippen LogP contribution in [0.1, 0.15) is 19.4 Å². The van der Waals surface area contributed by atoms with Crippen LogP contribution in [0, 0.1) is 11.8 Å². The Hall–Kier alpha value is -1.09. The van der Waals surface area contributed by atoms with Gasteiger partial charge >= 0.3 is 0 Å². The summed E-state index contributed by atoms with van der Waals surface area (Å²) in [7, 11) is 0. The van der Waals surface area contributed by atoms with Crippen LogP contribution >= 0.6 is 0 Å². The highest BCUT2D eigenvalue weighted by Gasteiger charge is 2.26. The molecular weight excluding hydrogens is 186 g/mol. The lowest BCUT2D eigenvalue weighted by molar-refractivity contribution is 0.316. The average Bonchev–Trinajstić information content (AvgIpc) is 2.50. The molecule has 15 heavy (non-hydrogen) atoms. The standard InChI is InChI=1S/C12H19N3/c1-9-6-15(7-10(9)2)8-11-4-3-5-14-12(11)13/h3-5,9-10H,6-8H2,1-2H3,(H2,13,14). The minimum absolute atomic E-state index is 0.671. The van der Waals surface area contributed by atoms with Crippen molar-refractivity contribution in [1.29, 1.82) is 0 Å². The number of nitrogens with zero attached hydrogens (tertiary/aromatic N) is 2. The zero-order valence-electron chi connectivity index (χ0n) is 9.48. The molecule has 2 unspecified atom stereocenters. The van der Waals surface area contributed by atoms with Crippen LogP contribution in [0.4, 0.5) is 5.82 Å². The van der Waals surface area contributed by atoms with E-state index in [0.717, 1.165) is 23.9 Å². The van der Waals surface area contributed by atoms with Crippen LogP contribution in [0.5, 0.6) is 0 Å². The van der Waals surface area contributed by atoms with Crippen molar-refractivity contribution in [2.45, 2.75) is 20.4 Å². The van der Waals surface area contributed by atoms with Gasteiger partial charge in [0.1, 0.15) is 5.82 Å². The van der Waals surface area contributed by atoms with Crippen LogP contribution in [0.2, 0.25) is 0 Å². The van der Waals surface area contributed by atoms with E-state index in [0.29, 0.717) is 5.82 Å². The van der Waals surface area contributed by atoms with Gasteiger partial charge in [0, 0.05) is 31.4 Å². The third kappa shape index (κ3) is 2.29. The minimum atomic E-state index is 0.671. The molecule has 0 saturated carbocycles. The first-order valence-electron chi connectivity index (χ1n) is 5.58. The van der Waals surface area contributed by atoms with Gasteiger partial charge in [0.05, 0.1) is 0 Å². The Morgan fingerprint density at radius 3 is 2.67 bits per heavy atom. The summed E-state index contributed by atoms with van der Waals surface area (Å²) in [5.74, 6) is 2.26. The highest BCUT2D eigenvalue weighted by molar-refractivity contribution is 5.38. The van der Waals surface area contributed by atoms with Gasteiger partial charge < -0.3 is 5.73 Å². The maximum Gasteiger partial charge on any atom is 0.127 e. The predicted octanol–water partition coefficient (Wildman–Crippen LogP) is 1.75. The van der Waals surface area contributed by atoms with Crippen molar-refractivity contribution in [3.05, 3.63) is 23.9 Å². The summed E-state index contributed by atoms with van der Waals surface area (Å²) in [6.45, 7) is 7.92. The van der Waals surface area contributed by atoms with Crippen LogP contribution < -0.4 is 5.73 Å². The van der Waals surface area contributed by atoms with E-state index in [9.17, 15) is 0 Å². The van der Waals surface area contributed by atoms with E-state index in [4.69, 9.17) is 5.73 Å². The van der Waals surface area contributed by atoms with Gasteiger partial charge in [-0.1, -0.05) is 19.9 Å². The third-order valence-electron chi connectivity index (χ3n) is 3.38. The molecule has 3 nitrogen and oxygen atoms in total. The van der Waals surface area contributed by atoms with Gasteiger partial charge in [-0.25, -0.2) is 4.98 Å². The molecule has 1 aromatic rings. The summed E-state index contributed by atoms with van der Waals surface area (Å²) in [6, 6.07) is 4.02. The molecule has 82 valence electrons. The second kappa shape index (κ2) is 4.19. The van der Waals surface area contributed by atoms with Gasteiger partial charge in [0.2, 0.25) is 0 Å². The molecule has 1 aliphatic heterocycles. The summed E-state index contributed by atoms with van der Waals surface area (Å²) < 4.78 is 0. The molecule has 3 heteroatoms. The molecule has 1 saturated heterocycles. The van der Waals surface area contributed by atoms with Crippen molar-refractivity contribution in [3.63, 3.8) is 0 Å². The number of nitrogens with two attached hydrogens (primary N) is 1. The molecule has 2 heterocycles. The number of aromatic nitrogens is 1. The first-order valence-corrected chi connectivity index (χ1v) is 5.58. The number of anilines is 1. The summed E-state index contributed by atoms with van der Waals surface area (Å²) in [5, 5.41) is 0. The summed E-state index contributed by atoms with van der Waals surface area (Å²) in [4.78, 5) is 6.57. The molecule has 0 radical (unpaired) electrons. The zero-order chi connectivity index (χ0) is 10.8. The van der Waals surface area contributed by atoms with Crippen LogP contribution in [-0.2, 0) is 6.54 Å². The Morgan fingerprint density at radius 2 is 2.07 bits per heavy atom. The number of pyridine rings is 1. The Morgan fingerprint density at radius 1 is 1.40 bits per heavy atom. The number of hydrogen-bond donors (Lipinski definition) is 1. The van der Waals surface area contributed by atoms with Crippen LogP contribution in [-0.4, -0.2) is 23.0 Å². The molecule has 0 amide bonds. The van der Waals surface area contributed by atoms with Crippen molar-refractivity contribution in [2.24, 2.45) is 11.8 Å². The van der Waals surface area contributed by atoms with Crippen molar-refractivity contribution in [1.82, 2.24) is 9.88 Å². The SMILES string of the molecule is CC1CN(Cc2cccnc2N)CC1C. The second-order valence-electron chi connectivity index (χ2n) is 4.70. The quantitative estimate of drug-likeness (QED) is 0.800. The van der Waals surface area contributed by atoms with E-state index in [1.54, 1.807) is 6.20 Å². The maximum absolute atomic E-state index is 5.83. The van der Waals surface area contributed by atoms with Crippen molar-refractivity contribution in [2.75, 3.05) is 18.8 Å². The maximum atomic E-state index is 5.83. The van der Waals surface area contributed by atoms with E-state index < -0.39 is 0 Å².